The highest BCUT2D eigenvalue weighted by Gasteiger charge is 2.33. The van der Waals surface area contributed by atoms with Gasteiger partial charge in [-0.15, -0.1) is 0 Å². The molecule has 1 aliphatic rings. The van der Waals surface area contributed by atoms with Gasteiger partial charge in [-0.25, -0.2) is 4.68 Å². The molecule has 1 N–H and O–H groups in total. The molecule has 1 aromatic carbocycles. The van der Waals surface area contributed by atoms with Crippen LogP contribution in [0.3, 0.4) is 0 Å². The third-order valence-electron chi connectivity index (χ3n) is 4.49. The standard InChI is InChI=1S/C17H23N3O/c1-12-16(17(21-3)20(2)19-12)14-9-10-18-11-15(14)13-7-5-4-6-8-13/h4-8,14-15,18H,9-11H2,1-3H3. The van der Waals surface area contributed by atoms with Crippen molar-refractivity contribution < 1.29 is 4.74 Å². The van der Waals surface area contributed by atoms with Crippen LogP contribution < -0.4 is 10.1 Å². The Kier molecular flexibility index (Phi) is 3.97. The molecule has 2 heterocycles. The summed E-state index contributed by atoms with van der Waals surface area (Å²) in [5.41, 5.74) is 3.75. The van der Waals surface area contributed by atoms with Crippen molar-refractivity contribution in [2.45, 2.75) is 25.2 Å². The summed E-state index contributed by atoms with van der Waals surface area (Å²) >= 11 is 0. The molecule has 21 heavy (non-hydrogen) atoms. The van der Waals surface area contributed by atoms with Gasteiger partial charge in [-0.1, -0.05) is 30.3 Å². The Balaban J connectivity index is 2.03. The van der Waals surface area contributed by atoms with Crippen LogP contribution in [0.1, 0.15) is 35.1 Å². The predicted molar refractivity (Wildman–Crippen MR) is 83.9 cm³/mol. The van der Waals surface area contributed by atoms with Crippen molar-refractivity contribution >= 4 is 0 Å². The average molecular weight is 285 g/mol. The Morgan fingerprint density at radius 3 is 2.71 bits per heavy atom. The lowest BCUT2D eigenvalue weighted by Crippen LogP contribution is -2.34. The monoisotopic (exact) mass is 285 g/mol. The van der Waals surface area contributed by atoms with Crippen molar-refractivity contribution in [3.05, 3.63) is 47.2 Å². The van der Waals surface area contributed by atoms with Crippen molar-refractivity contribution in [2.75, 3.05) is 20.2 Å². The lowest BCUT2D eigenvalue weighted by Gasteiger charge is -2.33. The average Bonchev–Trinajstić information content (AvgIpc) is 2.81. The lowest BCUT2D eigenvalue weighted by atomic mass is 9.77. The molecule has 1 aliphatic heterocycles. The van der Waals surface area contributed by atoms with Gasteiger partial charge in [0.25, 0.3) is 0 Å². The number of benzene rings is 1. The number of hydrogen-bond donors (Lipinski definition) is 1. The van der Waals surface area contributed by atoms with Crippen molar-refractivity contribution in [1.29, 1.82) is 0 Å². The molecule has 2 aromatic rings. The largest absolute Gasteiger partial charge is 0.481 e. The molecule has 2 atom stereocenters. The molecule has 2 unspecified atom stereocenters. The number of ether oxygens (including phenoxy) is 1. The number of hydrogen-bond acceptors (Lipinski definition) is 3. The summed E-state index contributed by atoms with van der Waals surface area (Å²) in [7, 11) is 3.69. The van der Waals surface area contributed by atoms with Gasteiger partial charge in [0, 0.05) is 31.0 Å². The third-order valence-corrected chi connectivity index (χ3v) is 4.49. The van der Waals surface area contributed by atoms with Gasteiger partial charge in [0.2, 0.25) is 5.88 Å². The molecule has 4 nitrogen and oxygen atoms in total. The normalized spacial score (nSPS) is 22.2. The van der Waals surface area contributed by atoms with Crippen LogP contribution in [-0.2, 0) is 7.05 Å². The Labute approximate surface area is 126 Å². The molecule has 0 radical (unpaired) electrons. The van der Waals surface area contributed by atoms with Crippen molar-refractivity contribution in [2.24, 2.45) is 7.05 Å². The van der Waals surface area contributed by atoms with Crippen molar-refractivity contribution in [3.63, 3.8) is 0 Å². The molecule has 0 spiro atoms. The van der Waals surface area contributed by atoms with E-state index in [0.717, 1.165) is 31.1 Å². The van der Waals surface area contributed by atoms with Crippen molar-refractivity contribution in [1.82, 2.24) is 15.1 Å². The van der Waals surface area contributed by atoms with E-state index < -0.39 is 0 Å². The van der Waals surface area contributed by atoms with E-state index in [4.69, 9.17) is 4.74 Å². The Morgan fingerprint density at radius 2 is 2.00 bits per heavy atom. The quantitative estimate of drug-likeness (QED) is 0.942. The van der Waals surface area contributed by atoms with Gasteiger partial charge >= 0.3 is 0 Å². The fraction of sp³-hybridized carbons (Fsp3) is 0.471. The lowest BCUT2D eigenvalue weighted by molar-refractivity contribution is 0.349. The zero-order valence-electron chi connectivity index (χ0n) is 13.0. The summed E-state index contributed by atoms with van der Waals surface area (Å²) in [6.07, 6.45) is 1.11. The van der Waals surface area contributed by atoms with Crippen LogP contribution in [0.2, 0.25) is 0 Å². The Morgan fingerprint density at radius 1 is 1.24 bits per heavy atom. The van der Waals surface area contributed by atoms with E-state index in [1.807, 2.05) is 11.7 Å². The van der Waals surface area contributed by atoms with Crippen LogP contribution in [0.15, 0.2) is 30.3 Å². The molecule has 0 amide bonds. The number of aryl methyl sites for hydroxylation is 2. The second kappa shape index (κ2) is 5.90. The maximum Gasteiger partial charge on any atom is 0.215 e. The summed E-state index contributed by atoms with van der Waals surface area (Å²) in [6, 6.07) is 10.8. The number of aromatic nitrogens is 2. The van der Waals surface area contributed by atoms with E-state index in [1.165, 1.54) is 11.1 Å². The van der Waals surface area contributed by atoms with E-state index in [-0.39, 0.29) is 0 Å². The summed E-state index contributed by atoms with van der Waals surface area (Å²) in [4.78, 5) is 0. The van der Waals surface area contributed by atoms with E-state index in [1.54, 1.807) is 7.11 Å². The van der Waals surface area contributed by atoms with Gasteiger partial charge in [-0.2, -0.15) is 5.10 Å². The summed E-state index contributed by atoms with van der Waals surface area (Å²) in [5, 5.41) is 8.09. The number of piperidine rings is 1. The minimum atomic E-state index is 0.456. The van der Waals surface area contributed by atoms with E-state index >= 15 is 0 Å². The molecule has 3 rings (SSSR count). The van der Waals surface area contributed by atoms with Crippen LogP contribution in [0.25, 0.3) is 0 Å². The molecular formula is C17H23N3O. The fourth-order valence-electron chi connectivity index (χ4n) is 3.58. The molecule has 0 saturated carbocycles. The van der Waals surface area contributed by atoms with Gasteiger partial charge < -0.3 is 10.1 Å². The smallest absolute Gasteiger partial charge is 0.215 e. The highest BCUT2D eigenvalue weighted by Crippen LogP contribution is 2.42. The maximum absolute atomic E-state index is 5.61. The SMILES string of the molecule is COc1c(C2CCNCC2c2ccccc2)c(C)nn1C. The molecule has 0 bridgehead atoms. The van der Waals surface area contributed by atoms with Gasteiger partial charge in [-0.05, 0) is 25.5 Å². The summed E-state index contributed by atoms with van der Waals surface area (Å²) in [6.45, 7) is 4.14. The first-order valence-electron chi connectivity index (χ1n) is 7.55. The minimum Gasteiger partial charge on any atom is -0.481 e. The molecule has 1 saturated heterocycles. The zero-order chi connectivity index (χ0) is 14.8. The first-order valence-corrected chi connectivity index (χ1v) is 7.55. The number of methoxy groups -OCH3 is 1. The molecular weight excluding hydrogens is 262 g/mol. The predicted octanol–water partition coefficient (Wildman–Crippen LogP) is 2.60. The van der Waals surface area contributed by atoms with Crippen LogP contribution in [-0.4, -0.2) is 30.0 Å². The van der Waals surface area contributed by atoms with Gasteiger partial charge in [0.05, 0.1) is 12.8 Å². The van der Waals surface area contributed by atoms with Crippen LogP contribution in [0.5, 0.6) is 5.88 Å². The molecule has 1 aromatic heterocycles. The molecule has 112 valence electrons. The molecule has 0 aliphatic carbocycles. The Hall–Kier alpha value is -1.81. The first-order chi connectivity index (χ1) is 10.2. The van der Waals surface area contributed by atoms with Crippen molar-refractivity contribution in [3.8, 4) is 5.88 Å². The first kappa shape index (κ1) is 14.1. The maximum atomic E-state index is 5.61. The third kappa shape index (κ3) is 2.56. The Bertz CT molecular complexity index is 606. The van der Waals surface area contributed by atoms with Gasteiger partial charge in [-0.3, -0.25) is 0 Å². The van der Waals surface area contributed by atoms with Crippen LogP contribution >= 0.6 is 0 Å². The fourth-order valence-corrected chi connectivity index (χ4v) is 3.58. The topological polar surface area (TPSA) is 39.1 Å². The van der Waals surface area contributed by atoms with Crippen LogP contribution in [0, 0.1) is 6.92 Å². The molecule has 1 fully saturated rings. The zero-order valence-corrected chi connectivity index (χ0v) is 13.0. The molecule has 4 heteroatoms. The number of nitrogens with one attached hydrogen (secondary N) is 1. The summed E-state index contributed by atoms with van der Waals surface area (Å²) in [5.74, 6) is 1.83. The number of nitrogens with zero attached hydrogens (tertiary/aromatic N) is 2. The summed E-state index contributed by atoms with van der Waals surface area (Å²) < 4.78 is 7.47. The second-order valence-corrected chi connectivity index (χ2v) is 5.75. The van der Waals surface area contributed by atoms with E-state index in [2.05, 4.69) is 47.7 Å². The van der Waals surface area contributed by atoms with E-state index in [9.17, 15) is 0 Å². The number of rotatable bonds is 3. The highest BCUT2D eigenvalue weighted by atomic mass is 16.5. The minimum absolute atomic E-state index is 0.456. The highest BCUT2D eigenvalue weighted by molar-refractivity contribution is 5.39. The van der Waals surface area contributed by atoms with E-state index in [0.29, 0.717) is 11.8 Å². The van der Waals surface area contributed by atoms with Gasteiger partial charge in [0.1, 0.15) is 0 Å². The van der Waals surface area contributed by atoms with Crippen LogP contribution in [0.4, 0.5) is 0 Å². The van der Waals surface area contributed by atoms with Gasteiger partial charge in [0.15, 0.2) is 0 Å². The second-order valence-electron chi connectivity index (χ2n) is 5.75.